The largest absolute Gasteiger partial charge is 0.358 e. The Labute approximate surface area is 84.6 Å². The van der Waals surface area contributed by atoms with Gasteiger partial charge in [0.1, 0.15) is 5.52 Å². The molecule has 70 valence electrons. The van der Waals surface area contributed by atoms with E-state index in [4.69, 9.17) is 0 Å². The van der Waals surface area contributed by atoms with E-state index in [2.05, 4.69) is 20.4 Å². The van der Waals surface area contributed by atoms with Gasteiger partial charge >= 0.3 is 0 Å². The van der Waals surface area contributed by atoms with E-state index in [1.807, 2.05) is 29.0 Å². The van der Waals surface area contributed by atoms with Crippen molar-refractivity contribution >= 4 is 22.4 Å². The fourth-order valence-corrected chi connectivity index (χ4v) is 1.40. The first-order valence-corrected chi connectivity index (χ1v) is 5.00. The molecule has 5 heteroatoms. The van der Waals surface area contributed by atoms with Crippen LogP contribution in [-0.2, 0) is 0 Å². The van der Waals surface area contributed by atoms with Crippen molar-refractivity contribution in [1.82, 2.24) is 20.4 Å². The molecule has 3 heterocycles. The molecule has 1 N–H and O–H groups in total. The Morgan fingerprint density at radius 3 is 2.71 bits per heavy atom. The highest BCUT2D eigenvalue weighted by Gasteiger charge is 1.90. The number of rotatable bonds is 0. The third-order valence-electron chi connectivity index (χ3n) is 1.57. The number of hydrogen-bond acceptors (Lipinski definition) is 4. The van der Waals surface area contributed by atoms with Crippen LogP contribution in [0.25, 0.3) is 11.0 Å². The van der Waals surface area contributed by atoms with Crippen molar-refractivity contribution in [1.29, 1.82) is 0 Å². The Balaban J connectivity index is 0.000000128. The van der Waals surface area contributed by atoms with Crippen molar-refractivity contribution in [2.24, 2.45) is 0 Å². The number of thiophene rings is 1. The predicted molar refractivity (Wildman–Crippen MR) is 56.0 cm³/mol. The van der Waals surface area contributed by atoms with Crippen molar-refractivity contribution in [3.05, 3.63) is 41.4 Å². The summed E-state index contributed by atoms with van der Waals surface area (Å²) in [5.74, 6) is 0. The molecule has 0 saturated heterocycles. The molecule has 0 saturated carbocycles. The van der Waals surface area contributed by atoms with Crippen LogP contribution in [0.2, 0.25) is 0 Å². The summed E-state index contributed by atoms with van der Waals surface area (Å²) >= 11 is 1.71. The van der Waals surface area contributed by atoms with Gasteiger partial charge in [-0.15, -0.1) is 10.2 Å². The summed E-state index contributed by atoms with van der Waals surface area (Å²) < 4.78 is 0. The molecule has 0 aliphatic heterocycles. The third-order valence-corrected chi connectivity index (χ3v) is 2.20. The van der Waals surface area contributed by atoms with E-state index in [9.17, 15) is 0 Å². The van der Waals surface area contributed by atoms with Gasteiger partial charge in [-0.25, -0.2) is 0 Å². The van der Waals surface area contributed by atoms with Gasteiger partial charge in [-0.05, 0) is 22.0 Å². The van der Waals surface area contributed by atoms with Gasteiger partial charge < -0.3 is 4.98 Å². The minimum atomic E-state index is 0.852. The highest BCUT2D eigenvalue weighted by Crippen LogP contribution is 2.02. The van der Waals surface area contributed by atoms with Gasteiger partial charge in [-0.2, -0.15) is 11.3 Å². The van der Waals surface area contributed by atoms with Crippen LogP contribution in [0.15, 0.2) is 41.4 Å². The van der Waals surface area contributed by atoms with Gasteiger partial charge in [-0.1, -0.05) is 12.1 Å². The Morgan fingerprint density at radius 2 is 2.07 bits per heavy atom. The van der Waals surface area contributed by atoms with Gasteiger partial charge in [0.15, 0.2) is 0 Å². The van der Waals surface area contributed by atoms with Crippen LogP contribution in [0.3, 0.4) is 0 Å². The molecule has 3 aromatic heterocycles. The molecule has 0 atom stereocenters. The molecule has 0 fully saturated rings. The van der Waals surface area contributed by atoms with E-state index < -0.39 is 0 Å². The number of aromatic amines is 1. The lowest BCUT2D eigenvalue weighted by atomic mass is 10.5. The first kappa shape index (κ1) is 8.83. The summed E-state index contributed by atoms with van der Waals surface area (Å²) in [6.45, 7) is 0. The maximum absolute atomic E-state index is 3.75. The predicted octanol–water partition coefficient (Wildman–Crippen LogP) is 2.10. The number of H-pyrrole nitrogens is 1. The normalized spacial score (nSPS) is 9.43. The average molecular weight is 204 g/mol. The summed E-state index contributed by atoms with van der Waals surface area (Å²) in [5.41, 5.74) is 1.77. The van der Waals surface area contributed by atoms with Crippen molar-refractivity contribution in [3.63, 3.8) is 0 Å². The van der Waals surface area contributed by atoms with Crippen molar-refractivity contribution in [2.75, 3.05) is 0 Å². The van der Waals surface area contributed by atoms with Crippen molar-refractivity contribution in [3.8, 4) is 0 Å². The van der Waals surface area contributed by atoms with Crippen LogP contribution in [0.4, 0.5) is 0 Å². The van der Waals surface area contributed by atoms with E-state index >= 15 is 0 Å². The Hall–Kier alpha value is -1.75. The summed E-state index contributed by atoms with van der Waals surface area (Å²) in [6.07, 6.45) is 3.45. The number of fused-ring (bicyclic) bond motifs is 1. The van der Waals surface area contributed by atoms with E-state index in [-0.39, 0.29) is 0 Å². The lowest BCUT2D eigenvalue weighted by Crippen LogP contribution is -1.83. The van der Waals surface area contributed by atoms with E-state index in [0.29, 0.717) is 0 Å². The maximum Gasteiger partial charge on any atom is 0.114 e. The highest BCUT2D eigenvalue weighted by atomic mass is 32.1. The van der Waals surface area contributed by atoms with Gasteiger partial charge in [0, 0.05) is 6.20 Å². The zero-order valence-corrected chi connectivity index (χ0v) is 8.11. The van der Waals surface area contributed by atoms with Gasteiger partial charge in [0.2, 0.25) is 0 Å². The number of aromatic nitrogens is 4. The van der Waals surface area contributed by atoms with Gasteiger partial charge in [-0.3, -0.25) is 0 Å². The van der Waals surface area contributed by atoms with Crippen LogP contribution in [-0.4, -0.2) is 20.4 Å². The van der Waals surface area contributed by atoms with Crippen molar-refractivity contribution < 1.29 is 0 Å². The minimum Gasteiger partial charge on any atom is -0.358 e. The van der Waals surface area contributed by atoms with Gasteiger partial charge in [0.25, 0.3) is 0 Å². The van der Waals surface area contributed by atoms with E-state index in [0.717, 1.165) is 11.0 Å². The Bertz CT molecular complexity index is 427. The Kier molecular flexibility index (Phi) is 2.82. The first-order chi connectivity index (χ1) is 6.97. The molecule has 0 aromatic carbocycles. The molecule has 3 rings (SSSR count). The van der Waals surface area contributed by atoms with Crippen molar-refractivity contribution in [2.45, 2.75) is 0 Å². The molecule has 0 bridgehead atoms. The fraction of sp³-hybridized carbons (Fsp3) is 0. The quantitative estimate of drug-likeness (QED) is 0.610. The zero-order chi connectivity index (χ0) is 9.64. The fourth-order valence-electron chi connectivity index (χ4n) is 0.949. The summed E-state index contributed by atoms with van der Waals surface area (Å²) in [4.78, 5) is 2.95. The smallest absolute Gasteiger partial charge is 0.114 e. The third kappa shape index (κ3) is 2.14. The topological polar surface area (TPSA) is 54.5 Å². The molecule has 14 heavy (non-hydrogen) atoms. The molecule has 0 aliphatic carbocycles. The minimum absolute atomic E-state index is 0.852. The number of hydrogen-bond donors (Lipinski definition) is 1. The monoisotopic (exact) mass is 204 g/mol. The standard InChI is InChI=1S/C5H4N4.C4H4S/c1-2-6-5-3-7-9-8-4(1)5;1-2-4-5-3-1/h1-3,6H;1-4H. The molecule has 3 aromatic rings. The molecule has 0 spiro atoms. The molecule has 4 nitrogen and oxygen atoms in total. The number of nitrogens with zero attached hydrogens (tertiary/aromatic N) is 3. The summed E-state index contributed by atoms with van der Waals surface area (Å²) in [6, 6.07) is 5.89. The lowest BCUT2D eigenvalue weighted by Gasteiger charge is -1.80. The molecule has 0 aliphatic rings. The lowest BCUT2D eigenvalue weighted by molar-refractivity contribution is 0.895. The van der Waals surface area contributed by atoms with E-state index in [1.54, 1.807) is 23.7 Å². The van der Waals surface area contributed by atoms with Crippen LogP contribution in [0, 0.1) is 0 Å². The van der Waals surface area contributed by atoms with Crippen LogP contribution in [0.5, 0.6) is 0 Å². The molecular weight excluding hydrogens is 196 g/mol. The zero-order valence-electron chi connectivity index (χ0n) is 7.29. The van der Waals surface area contributed by atoms with Crippen LogP contribution < -0.4 is 0 Å². The molecule has 0 amide bonds. The summed E-state index contributed by atoms with van der Waals surface area (Å²) in [7, 11) is 0. The second-order valence-electron chi connectivity index (χ2n) is 2.50. The second kappa shape index (κ2) is 4.48. The summed E-state index contributed by atoms with van der Waals surface area (Å²) in [5, 5.41) is 14.9. The Morgan fingerprint density at radius 1 is 1.21 bits per heavy atom. The van der Waals surface area contributed by atoms with Crippen LogP contribution in [0.1, 0.15) is 0 Å². The van der Waals surface area contributed by atoms with Crippen LogP contribution >= 0.6 is 11.3 Å². The molecule has 0 radical (unpaired) electrons. The highest BCUT2D eigenvalue weighted by molar-refractivity contribution is 7.07. The number of nitrogens with one attached hydrogen (secondary N) is 1. The molecule has 0 unspecified atom stereocenters. The second-order valence-corrected chi connectivity index (χ2v) is 3.32. The maximum atomic E-state index is 3.75. The SMILES string of the molecule is c1cc2nnncc2[nH]1.c1ccsc1. The average Bonchev–Trinajstić information content (AvgIpc) is 2.92. The first-order valence-electron chi connectivity index (χ1n) is 4.05. The van der Waals surface area contributed by atoms with E-state index in [1.165, 1.54) is 0 Å². The molecular formula is C9H8N4S. The van der Waals surface area contributed by atoms with Gasteiger partial charge in [0.05, 0.1) is 11.7 Å².